The second kappa shape index (κ2) is 9.56. The van der Waals surface area contributed by atoms with Crippen LogP contribution < -0.4 is 10.2 Å². The maximum atomic E-state index is 12.8. The van der Waals surface area contributed by atoms with Crippen LogP contribution in [0.15, 0.2) is 51.8 Å². The highest BCUT2D eigenvalue weighted by atomic mass is 79.9. The molecule has 150 valence electrons. The molecule has 8 heteroatoms. The molecule has 0 aliphatic carbocycles. The Balaban J connectivity index is 1.80. The Kier molecular flexibility index (Phi) is 7.10. The molecule has 3 rings (SSSR count). The number of halogens is 1. The average Bonchev–Trinajstić information content (AvgIpc) is 2.95. The smallest absolute Gasteiger partial charge is 0.285 e. The molecule has 29 heavy (non-hydrogen) atoms. The van der Waals surface area contributed by atoms with Crippen molar-refractivity contribution in [1.29, 1.82) is 0 Å². The Labute approximate surface area is 187 Å². The van der Waals surface area contributed by atoms with Gasteiger partial charge in [0.15, 0.2) is 4.32 Å². The van der Waals surface area contributed by atoms with E-state index < -0.39 is 5.91 Å². The lowest BCUT2D eigenvalue weighted by Gasteiger charge is -2.15. The van der Waals surface area contributed by atoms with Crippen LogP contribution in [0.5, 0.6) is 5.75 Å². The number of ether oxygens (including phenoxy) is 1. The summed E-state index contributed by atoms with van der Waals surface area (Å²) in [6, 6.07) is 12.7. The predicted octanol–water partition coefficient (Wildman–Crippen LogP) is 5.09. The molecular weight excluding hydrogens is 472 g/mol. The van der Waals surface area contributed by atoms with Gasteiger partial charge in [0.1, 0.15) is 5.75 Å². The van der Waals surface area contributed by atoms with Gasteiger partial charge in [-0.1, -0.05) is 52.3 Å². The van der Waals surface area contributed by atoms with Crippen LogP contribution in [0.2, 0.25) is 0 Å². The maximum Gasteiger partial charge on any atom is 0.285 e. The van der Waals surface area contributed by atoms with Gasteiger partial charge in [0.25, 0.3) is 11.8 Å². The van der Waals surface area contributed by atoms with Gasteiger partial charge in [-0.05, 0) is 62.0 Å². The third-order valence-corrected chi connectivity index (χ3v) is 5.84. The molecule has 5 nitrogen and oxygen atoms in total. The highest BCUT2D eigenvalue weighted by Gasteiger charge is 2.34. The van der Waals surface area contributed by atoms with E-state index in [1.165, 1.54) is 0 Å². The Bertz CT molecular complexity index is 990. The number of aryl methyl sites for hydroxylation is 1. The van der Waals surface area contributed by atoms with Crippen LogP contribution in [0.3, 0.4) is 0 Å². The first-order valence-electron chi connectivity index (χ1n) is 8.97. The van der Waals surface area contributed by atoms with E-state index in [0.29, 0.717) is 22.8 Å². The SMILES string of the molecule is CCCOc1ccc(Br)cc1/C=C1/SC(=S)N(NC(=O)c2ccc(C)cc2)C1=O. The number of rotatable bonds is 6. The first-order chi connectivity index (χ1) is 13.9. The van der Waals surface area contributed by atoms with E-state index in [2.05, 4.69) is 21.4 Å². The number of thiocarbonyl (C=S) groups is 1. The highest BCUT2D eigenvalue weighted by Crippen LogP contribution is 2.34. The lowest BCUT2D eigenvalue weighted by atomic mass is 10.1. The normalized spacial score (nSPS) is 15.1. The summed E-state index contributed by atoms with van der Waals surface area (Å²) in [7, 11) is 0. The molecule has 1 N–H and O–H groups in total. The van der Waals surface area contributed by atoms with Crippen molar-refractivity contribution < 1.29 is 14.3 Å². The zero-order chi connectivity index (χ0) is 21.0. The molecule has 2 aromatic rings. The molecule has 1 aliphatic rings. The van der Waals surface area contributed by atoms with Crippen molar-refractivity contribution in [3.8, 4) is 5.75 Å². The van der Waals surface area contributed by atoms with Crippen molar-refractivity contribution in [3.63, 3.8) is 0 Å². The zero-order valence-electron chi connectivity index (χ0n) is 15.9. The highest BCUT2D eigenvalue weighted by molar-refractivity contribution is 9.10. The third kappa shape index (κ3) is 5.26. The topological polar surface area (TPSA) is 58.6 Å². The number of hydrogen-bond acceptors (Lipinski definition) is 5. The molecule has 1 saturated heterocycles. The molecule has 0 aromatic heterocycles. The minimum Gasteiger partial charge on any atom is -0.493 e. The molecule has 1 fully saturated rings. The van der Waals surface area contributed by atoms with Crippen molar-refractivity contribution >= 4 is 62.1 Å². The summed E-state index contributed by atoms with van der Waals surface area (Å²) >= 11 is 9.89. The monoisotopic (exact) mass is 490 g/mol. The van der Waals surface area contributed by atoms with Crippen molar-refractivity contribution in [2.75, 3.05) is 6.61 Å². The molecule has 0 saturated carbocycles. The van der Waals surface area contributed by atoms with Gasteiger partial charge in [-0.25, -0.2) is 0 Å². The third-order valence-electron chi connectivity index (χ3n) is 4.04. The number of hydrazine groups is 1. The lowest BCUT2D eigenvalue weighted by molar-refractivity contribution is -0.123. The van der Waals surface area contributed by atoms with Crippen LogP contribution in [0.1, 0.15) is 34.8 Å². The Morgan fingerprint density at radius 1 is 1.28 bits per heavy atom. The molecule has 0 radical (unpaired) electrons. The average molecular weight is 491 g/mol. The quantitative estimate of drug-likeness (QED) is 0.451. The van der Waals surface area contributed by atoms with Gasteiger partial charge in [-0.2, -0.15) is 5.01 Å². The van der Waals surface area contributed by atoms with Crippen LogP contribution in [0.25, 0.3) is 6.08 Å². The van der Waals surface area contributed by atoms with Crippen molar-refractivity contribution in [2.24, 2.45) is 0 Å². The molecular formula is C21H19BrN2O3S2. The Morgan fingerprint density at radius 2 is 2.00 bits per heavy atom. The standard InChI is InChI=1S/C21H19BrN2O3S2/c1-3-10-27-17-9-8-16(22)11-15(17)12-18-20(26)24(21(28)29-18)23-19(25)14-6-4-13(2)5-7-14/h4-9,11-12H,3,10H2,1-2H3,(H,23,25)/b18-12+. The van der Waals surface area contributed by atoms with Gasteiger partial charge in [0.05, 0.1) is 11.5 Å². The van der Waals surface area contributed by atoms with E-state index in [4.69, 9.17) is 17.0 Å². The van der Waals surface area contributed by atoms with E-state index in [0.717, 1.165) is 38.8 Å². The van der Waals surface area contributed by atoms with Gasteiger partial charge >= 0.3 is 0 Å². The fourth-order valence-electron chi connectivity index (χ4n) is 2.55. The van der Waals surface area contributed by atoms with E-state index in [9.17, 15) is 9.59 Å². The number of nitrogens with zero attached hydrogens (tertiary/aromatic N) is 1. The molecule has 2 aromatic carbocycles. The second-order valence-electron chi connectivity index (χ2n) is 6.35. The molecule has 0 atom stereocenters. The van der Waals surface area contributed by atoms with Crippen LogP contribution in [-0.2, 0) is 4.79 Å². The minimum absolute atomic E-state index is 0.271. The number of nitrogens with one attached hydrogen (secondary N) is 1. The number of amides is 2. The fourth-order valence-corrected chi connectivity index (χ4v) is 4.10. The lowest BCUT2D eigenvalue weighted by Crippen LogP contribution is -2.44. The van der Waals surface area contributed by atoms with Crippen LogP contribution in [0, 0.1) is 6.92 Å². The largest absolute Gasteiger partial charge is 0.493 e. The van der Waals surface area contributed by atoms with Crippen LogP contribution >= 0.6 is 39.9 Å². The van der Waals surface area contributed by atoms with E-state index in [-0.39, 0.29) is 10.2 Å². The summed E-state index contributed by atoms with van der Waals surface area (Å²) in [4.78, 5) is 25.7. The van der Waals surface area contributed by atoms with Gasteiger partial charge in [0, 0.05) is 15.6 Å². The number of hydrogen-bond donors (Lipinski definition) is 1. The van der Waals surface area contributed by atoms with Crippen molar-refractivity contribution in [2.45, 2.75) is 20.3 Å². The summed E-state index contributed by atoms with van der Waals surface area (Å²) in [6.45, 7) is 4.55. The minimum atomic E-state index is -0.392. The molecule has 2 amide bonds. The Hall–Kier alpha value is -2.16. The van der Waals surface area contributed by atoms with E-state index >= 15 is 0 Å². The van der Waals surface area contributed by atoms with Crippen molar-refractivity contribution in [3.05, 3.63) is 68.5 Å². The first-order valence-corrected chi connectivity index (χ1v) is 11.0. The number of carbonyl (C=O) groups is 2. The molecule has 0 bridgehead atoms. The predicted molar refractivity (Wildman–Crippen MR) is 124 cm³/mol. The van der Waals surface area contributed by atoms with E-state index in [1.54, 1.807) is 18.2 Å². The summed E-state index contributed by atoms with van der Waals surface area (Å²) in [5.41, 5.74) is 4.85. The summed E-state index contributed by atoms with van der Waals surface area (Å²) in [5, 5.41) is 1.11. The molecule has 1 aliphatic heterocycles. The van der Waals surface area contributed by atoms with Crippen LogP contribution in [0.4, 0.5) is 0 Å². The van der Waals surface area contributed by atoms with Gasteiger partial charge < -0.3 is 4.74 Å². The van der Waals surface area contributed by atoms with Crippen molar-refractivity contribution in [1.82, 2.24) is 10.4 Å². The van der Waals surface area contributed by atoms with Gasteiger partial charge in [0.2, 0.25) is 0 Å². The van der Waals surface area contributed by atoms with E-state index in [1.807, 2.05) is 44.2 Å². The number of benzene rings is 2. The fraction of sp³-hybridized carbons (Fsp3) is 0.190. The first kappa shape index (κ1) is 21.5. The maximum absolute atomic E-state index is 12.8. The summed E-state index contributed by atoms with van der Waals surface area (Å²) in [6.07, 6.45) is 2.61. The van der Waals surface area contributed by atoms with Gasteiger partial charge in [-0.15, -0.1) is 0 Å². The number of carbonyl (C=O) groups excluding carboxylic acids is 2. The molecule has 0 unspecified atom stereocenters. The second-order valence-corrected chi connectivity index (χ2v) is 8.95. The summed E-state index contributed by atoms with van der Waals surface area (Å²) in [5.74, 6) is -0.0807. The van der Waals surface area contributed by atoms with Gasteiger partial charge in [-0.3, -0.25) is 15.0 Å². The van der Waals surface area contributed by atoms with Crippen LogP contribution in [-0.4, -0.2) is 27.8 Å². The zero-order valence-corrected chi connectivity index (χ0v) is 19.1. The molecule has 0 spiro atoms. The summed E-state index contributed by atoms with van der Waals surface area (Å²) < 4.78 is 6.91. The molecule has 1 heterocycles. The number of thioether (sulfide) groups is 1. The Morgan fingerprint density at radius 3 is 2.69 bits per heavy atom.